The number of thioether (sulfide) groups is 1. The monoisotopic (exact) mass is 430 g/mol. The Morgan fingerprint density at radius 3 is 2.93 bits per heavy atom. The molecule has 0 aromatic carbocycles. The summed E-state index contributed by atoms with van der Waals surface area (Å²) in [6.45, 7) is 3.94. The van der Waals surface area contributed by atoms with E-state index in [1.54, 1.807) is 17.7 Å². The van der Waals surface area contributed by atoms with Crippen molar-refractivity contribution in [3.8, 4) is 0 Å². The topological polar surface area (TPSA) is 85.1 Å². The summed E-state index contributed by atoms with van der Waals surface area (Å²) < 4.78 is 1.90. The number of amides is 1. The number of anilines is 1. The fourth-order valence-corrected chi connectivity index (χ4v) is 6.20. The number of fused-ring (bicyclic) bond motifs is 5. The highest BCUT2D eigenvalue weighted by Gasteiger charge is 2.21. The molecule has 0 spiro atoms. The minimum atomic E-state index is -0.0996. The minimum Gasteiger partial charge on any atom is -0.301 e. The molecule has 4 aromatic heterocycles. The van der Waals surface area contributed by atoms with E-state index in [-0.39, 0.29) is 11.7 Å². The Morgan fingerprint density at radius 1 is 1.25 bits per heavy atom. The molecule has 144 valence electrons. The number of nitrogens with zero attached hydrogens (tertiary/aromatic N) is 5. The van der Waals surface area contributed by atoms with Gasteiger partial charge in [-0.05, 0) is 45.1 Å². The maximum atomic E-state index is 12.3. The van der Waals surface area contributed by atoms with E-state index in [1.807, 2.05) is 18.2 Å². The average molecular weight is 431 g/mol. The molecular formula is C18H18N6OS3. The van der Waals surface area contributed by atoms with Crippen LogP contribution >= 0.6 is 34.4 Å². The van der Waals surface area contributed by atoms with Crippen molar-refractivity contribution in [2.45, 2.75) is 44.7 Å². The Bertz CT molecular complexity index is 1190. The van der Waals surface area contributed by atoms with Crippen molar-refractivity contribution in [1.82, 2.24) is 24.6 Å². The quantitative estimate of drug-likeness (QED) is 0.492. The molecule has 10 heteroatoms. The van der Waals surface area contributed by atoms with Gasteiger partial charge in [0.25, 0.3) is 0 Å². The van der Waals surface area contributed by atoms with Gasteiger partial charge in [-0.2, -0.15) is 0 Å². The van der Waals surface area contributed by atoms with E-state index >= 15 is 0 Å². The molecule has 4 heterocycles. The zero-order chi connectivity index (χ0) is 19.3. The standard InChI is InChI=1S/C18H18N6OS3/c1-9-10(2)27-17(20-9)21-13(25)7-26-18-23-22-15-14-11-5-3-4-6-12(11)28-16(14)19-8-24(15)18/h8H,3-7H2,1-2H3,(H,20,21,25). The van der Waals surface area contributed by atoms with Crippen LogP contribution in [0.1, 0.15) is 33.9 Å². The summed E-state index contributed by atoms with van der Waals surface area (Å²) in [7, 11) is 0. The molecule has 0 atom stereocenters. The molecule has 1 N–H and O–H groups in total. The normalized spacial score (nSPS) is 13.9. The molecule has 5 rings (SSSR count). The molecule has 4 aromatic rings. The van der Waals surface area contributed by atoms with Gasteiger partial charge in [0.15, 0.2) is 15.9 Å². The van der Waals surface area contributed by atoms with Gasteiger partial charge in [-0.25, -0.2) is 9.97 Å². The van der Waals surface area contributed by atoms with Gasteiger partial charge in [0.2, 0.25) is 5.91 Å². The molecule has 1 aliphatic carbocycles. The SMILES string of the molecule is Cc1nc(NC(=O)CSc2nnc3c4c5c(sc4ncn23)CCCC5)sc1C. The first-order valence-corrected chi connectivity index (χ1v) is 11.7. The second-order valence-electron chi connectivity index (χ2n) is 6.81. The van der Waals surface area contributed by atoms with Crippen LogP contribution < -0.4 is 5.32 Å². The predicted octanol–water partition coefficient (Wildman–Crippen LogP) is 4.02. The first kappa shape index (κ1) is 18.0. The van der Waals surface area contributed by atoms with Gasteiger partial charge in [-0.3, -0.25) is 9.20 Å². The molecule has 28 heavy (non-hydrogen) atoms. The summed E-state index contributed by atoms with van der Waals surface area (Å²) in [6.07, 6.45) is 6.45. The zero-order valence-corrected chi connectivity index (χ0v) is 17.9. The first-order valence-electron chi connectivity index (χ1n) is 9.11. The molecule has 0 unspecified atom stereocenters. The number of hydrogen-bond donors (Lipinski definition) is 1. The van der Waals surface area contributed by atoms with Gasteiger partial charge < -0.3 is 5.32 Å². The first-order chi connectivity index (χ1) is 13.6. The highest BCUT2D eigenvalue weighted by Crippen LogP contribution is 2.37. The maximum Gasteiger partial charge on any atom is 0.236 e. The van der Waals surface area contributed by atoms with Gasteiger partial charge >= 0.3 is 0 Å². The predicted molar refractivity (Wildman–Crippen MR) is 114 cm³/mol. The lowest BCUT2D eigenvalue weighted by molar-refractivity contribution is -0.113. The van der Waals surface area contributed by atoms with E-state index in [2.05, 4.69) is 25.5 Å². The number of nitrogens with one attached hydrogen (secondary N) is 1. The molecule has 0 saturated heterocycles. The van der Waals surface area contributed by atoms with Crippen molar-refractivity contribution in [2.24, 2.45) is 0 Å². The smallest absolute Gasteiger partial charge is 0.236 e. The van der Waals surface area contributed by atoms with Crippen molar-refractivity contribution in [2.75, 3.05) is 11.1 Å². The second kappa shape index (κ2) is 7.09. The molecule has 7 nitrogen and oxygen atoms in total. The third-order valence-corrected chi connectivity index (χ3v) is 8.07. The summed E-state index contributed by atoms with van der Waals surface area (Å²) in [5, 5.41) is 14.1. The lowest BCUT2D eigenvalue weighted by atomic mass is 9.97. The third-order valence-electron chi connectivity index (χ3n) is 4.94. The highest BCUT2D eigenvalue weighted by atomic mass is 32.2. The van der Waals surface area contributed by atoms with Gasteiger partial charge in [0.1, 0.15) is 11.2 Å². The van der Waals surface area contributed by atoms with E-state index < -0.39 is 0 Å². The lowest BCUT2D eigenvalue weighted by Crippen LogP contribution is -2.14. The zero-order valence-electron chi connectivity index (χ0n) is 15.5. The van der Waals surface area contributed by atoms with Crippen LogP contribution in [0, 0.1) is 13.8 Å². The summed E-state index contributed by atoms with van der Waals surface area (Å²) >= 11 is 4.63. The van der Waals surface area contributed by atoms with Crippen LogP contribution in [0.15, 0.2) is 11.5 Å². The third kappa shape index (κ3) is 3.09. The van der Waals surface area contributed by atoms with Crippen LogP contribution in [0.4, 0.5) is 5.13 Å². The molecule has 0 saturated carbocycles. The molecular weight excluding hydrogens is 412 g/mol. The number of hydrogen-bond acceptors (Lipinski definition) is 8. The molecule has 0 aliphatic heterocycles. The number of thiophene rings is 1. The van der Waals surface area contributed by atoms with Gasteiger partial charge in [-0.1, -0.05) is 11.8 Å². The Hall–Kier alpha value is -2.04. The van der Waals surface area contributed by atoms with Gasteiger partial charge in [-0.15, -0.1) is 32.9 Å². The van der Waals surface area contributed by atoms with Gasteiger partial charge in [0, 0.05) is 9.75 Å². The molecule has 0 bridgehead atoms. The van der Waals surface area contributed by atoms with E-state index in [0.29, 0.717) is 10.3 Å². The largest absolute Gasteiger partial charge is 0.301 e. The lowest BCUT2D eigenvalue weighted by Gasteiger charge is -2.10. The maximum absolute atomic E-state index is 12.3. The summed E-state index contributed by atoms with van der Waals surface area (Å²) in [6, 6.07) is 0. The number of aryl methyl sites for hydroxylation is 4. The van der Waals surface area contributed by atoms with E-state index in [1.165, 1.54) is 46.4 Å². The summed E-state index contributed by atoms with van der Waals surface area (Å²) in [5.41, 5.74) is 3.18. The Balaban J connectivity index is 1.38. The number of carbonyl (C=O) groups excluding carboxylic acids is 1. The number of thiazole rings is 1. The Kier molecular flexibility index (Phi) is 4.56. The molecule has 1 aliphatic rings. The van der Waals surface area contributed by atoms with E-state index in [0.717, 1.165) is 39.3 Å². The average Bonchev–Trinajstić information content (AvgIpc) is 3.34. The fourth-order valence-electron chi connectivity index (χ4n) is 3.44. The van der Waals surface area contributed by atoms with Crippen molar-refractivity contribution >= 4 is 61.3 Å². The summed E-state index contributed by atoms with van der Waals surface area (Å²) in [4.78, 5) is 24.9. The minimum absolute atomic E-state index is 0.0996. The number of carbonyl (C=O) groups is 1. The van der Waals surface area contributed by atoms with Crippen LogP contribution in [-0.4, -0.2) is 36.2 Å². The van der Waals surface area contributed by atoms with Crippen molar-refractivity contribution < 1.29 is 4.79 Å². The van der Waals surface area contributed by atoms with Crippen molar-refractivity contribution in [3.05, 3.63) is 27.3 Å². The molecule has 0 radical (unpaired) electrons. The van der Waals surface area contributed by atoms with Crippen LogP contribution in [0.3, 0.4) is 0 Å². The Labute approximate surface area is 173 Å². The second-order valence-corrected chi connectivity index (χ2v) is 10.0. The van der Waals surface area contributed by atoms with Crippen LogP contribution in [0.5, 0.6) is 0 Å². The van der Waals surface area contributed by atoms with Crippen LogP contribution in [-0.2, 0) is 17.6 Å². The van der Waals surface area contributed by atoms with E-state index in [9.17, 15) is 4.79 Å². The number of aromatic nitrogens is 5. The summed E-state index contributed by atoms with van der Waals surface area (Å²) in [5.74, 6) is 0.149. The molecule has 0 fully saturated rings. The van der Waals surface area contributed by atoms with Crippen LogP contribution in [0.2, 0.25) is 0 Å². The molecule has 1 amide bonds. The fraction of sp³-hybridized carbons (Fsp3) is 0.389. The Morgan fingerprint density at radius 2 is 2.11 bits per heavy atom. The van der Waals surface area contributed by atoms with Crippen LogP contribution in [0.25, 0.3) is 15.9 Å². The van der Waals surface area contributed by atoms with E-state index in [4.69, 9.17) is 0 Å². The van der Waals surface area contributed by atoms with Crippen molar-refractivity contribution in [3.63, 3.8) is 0 Å². The highest BCUT2D eigenvalue weighted by molar-refractivity contribution is 7.99. The number of rotatable bonds is 4. The van der Waals surface area contributed by atoms with Crippen molar-refractivity contribution in [1.29, 1.82) is 0 Å². The van der Waals surface area contributed by atoms with Gasteiger partial charge in [0.05, 0.1) is 16.8 Å².